The molecule has 1 rings (SSSR count). The van der Waals surface area contributed by atoms with Crippen molar-refractivity contribution in [1.82, 2.24) is 5.32 Å². The molecule has 0 saturated carbocycles. The molecule has 120 valence electrons. The highest BCUT2D eigenvalue weighted by atomic mass is 16.5. The zero-order chi connectivity index (χ0) is 16.5. The molecule has 0 aliphatic carbocycles. The summed E-state index contributed by atoms with van der Waals surface area (Å²) in [5.74, 6) is 6.11. The third kappa shape index (κ3) is 6.89. The monoisotopic (exact) mass is 301 g/mol. The van der Waals surface area contributed by atoms with Crippen molar-refractivity contribution in [2.45, 2.75) is 46.7 Å². The average molecular weight is 301 g/mol. The topological polar surface area (TPSA) is 38.3 Å². The summed E-state index contributed by atoms with van der Waals surface area (Å²) in [5, 5.41) is 3.47. The molecule has 0 heterocycles. The summed E-state index contributed by atoms with van der Waals surface area (Å²) in [5.41, 5.74) is 2.21. The van der Waals surface area contributed by atoms with Gasteiger partial charge in [0.25, 0.3) is 0 Å². The Morgan fingerprint density at radius 2 is 1.77 bits per heavy atom. The second-order valence-corrected chi connectivity index (χ2v) is 6.08. The van der Waals surface area contributed by atoms with Crippen molar-refractivity contribution >= 4 is 5.78 Å². The summed E-state index contributed by atoms with van der Waals surface area (Å²) in [4.78, 5) is 11.4. The van der Waals surface area contributed by atoms with Crippen LogP contribution >= 0.6 is 0 Å². The van der Waals surface area contributed by atoms with Crippen LogP contribution in [0.3, 0.4) is 0 Å². The van der Waals surface area contributed by atoms with Crippen molar-refractivity contribution in [1.29, 1.82) is 0 Å². The van der Waals surface area contributed by atoms with Gasteiger partial charge in [0.05, 0.1) is 0 Å². The molecule has 22 heavy (non-hydrogen) atoms. The van der Waals surface area contributed by atoms with Gasteiger partial charge in [0.15, 0.2) is 5.78 Å². The van der Waals surface area contributed by atoms with E-state index in [1.54, 1.807) is 0 Å². The smallest absolute Gasteiger partial charge is 0.161 e. The van der Waals surface area contributed by atoms with Crippen LogP contribution in [0.5, 0.6) is 0 Å². The first kappa shape index (κ1) is 18.4. The predicted octanol–water partition coefficient (Wildman–Crippen LogP) is 3.34. The lowest BCUT2D eigenvalue weighted by Gasteiger charge is -2.17. The Morgan fingerprint density at radius 3 is 2.32 bits per heavy atom. The van der Waals surface area contributed by atoms with E-state index in [9.17, 15) is 4.79 Å². The van der Waals surface area contributed by atoms with Gasteiger partial charge in [-0.05, 0) is 24.6 Å². The summed E-state index contributed by atoms with van der Waals surface area (Å²) in [7, 11) is 0. The molecule has 0 saturated heterocycles. The van der Waals surface area contributed by atoms with Crippen molar-refractivity contribution in [2.75, 3.05) is 13.2 Å². The van der Waals surface area contributed by atoms with Crippen molar-refractivity contribution in [2.24, 2.45) is 5.92 Å². The zero-order valence-corrected chi connectivity index (χ0v) is 14.3. The molecule has 1 atom stereocenters. The van der Waals surface area contributed by atoms with Gasteiger partial charge in [0.1, 0.15) is 13.2 Å². The molecular weight excluding hydrogens is 274 g/mol. The molecule has 1 aromatic carbocycles. The Bertz CT molecular complexity index is 521. The maximum atomic E-state index is 11.4. The Morgan fingerprint density at radius 1 is 1.14 bits per heavy atom. The first-order valence-electron chi connectivity index (χ1n) is 7.85. The number of carbonyl (C=O) groups excluding carboxylic acids is 1. The van der Waals surface area contributed by atoms with Crippen molar-refractivity contribution < 1.29 is 9.53 Å². The Balaban J connectivity index is 2.45. The number of hydrogen-bond donors (Lipinski definition) is 1. The molecule has 0 aliphatic rings. The maximum absolute atomic E-state index is 11.4. The van der Waals surface area contributed by atoms with Gasteiger partial charge in [-0.2, -0.15) is 0 Å². The van der Waals surface area contributed by atoms with E-state index in [0.717, 1.165) is 5.56 Å². The molecule has 1 aromatic rings. The molecule has 0 unspecified atom stereocenters. The lowest BCUT2D eigenvalue weighted by molar-refractivity contribution is -0.126. The first-order valence-corrected chi connectivity index (χ1v) is 7.85. The van der Waals surface area contributed by atoms with Gasteiger partial charge in [-0.25, -0.2) is 0 Å². The Labute approximate surface area is 134 Å². The van der Waals surface area contributed by atoms with Crippen LogP contribution in [0.1, 0.15) is 51.8 Å². The minimum Gasteiger partial charge on any atom is -0.361 e. The van der Waals surface area contributed by atoms with Crippen LogP contribution in [0.15, 0.2) is 24.3 Å². The summed E-state index contributed by atoms with van der Waals surface area (Å²) in [6.07, 6.45) is 0. The number of benzene rings is 1. The van der Waals surface area contributed by atoms with Gasteiger partial charge < -0.3 is 10.1 Å². The van der Waals surface area contributed by atoms with Crippen LogP contribution in [0, 0.1) is 17.8 Å². The summed E-state index contributed by atoms with van der Waals surface area (Å²) >= 11 is 0. The second-order valence-electron chi connectivity index (χ2n) is 6.08. The highest BCUT2D eigenvalue weighted by Gasteiger charge is 2.06. The van der Waals surface area contributed by atoms with Gasteiger partial charge in [-0.1, -0.05) is 51.7 Å². The predicted molar refractivity (Wildman–Crippen MR) is 90.7 cm³/mol. The number of ketones is 1. The SMILES string of the molecule is CC(C)N[C@H](C)c1ccc(C#CCOCC(=O)C(C)C)cc1. The molecule has 0 aliphatic heterocycles. The number of carbonyl (C=O) groups is 1. The van der Waals surface area contributed by atoms with E-state index in [-0.39, 0.29) is 24.9 Å². The molecule has 0 fully saturated rings. The molecule has 0 spiro atoms. The van der Waals surface area contributed by atoms with E-state index in [0.29, 0.717) is 12.1 Å². The Kier molecular flexibility index (Phi) is 7.87. The summed E-state index contributed by atoms with van der Waals surface area (Å²) < 4.78 is 5.25. The molecule has 0 amide bonds. The van der Waals surface area contributed by atoms with Gasteiger partial charge in [0, 0.05) is 23.6 Å². The summed E-state index contributed by atoms with van der Waals surface area (Å²) in [6, 6.07) is 8.99. The first-order chi connectivity index (χ1) is 10.4. The van der Waals surface area contributed by atoms with Crippen LogP contribution < -0.4 is 5.32 Å². The number of rotatable bonds is 7. The van der Waals surface area contributed by atoms with Crippen LogP contribution in [0.2, 0.25) is 0 Å². The van der Waals surface area contributed by atoms with Crippen LogP contribution in [0.25, 0.3) is 0 Å². The third-order valence-corrected chi connectivity index (χ3v) is 3.29. The van der Waals surface area contributed by atoms with Gasteiger partial charge in [0.2, 0.25) is 0 Å². The summed E-state index contributed by atoms with van der Waals surface area (Å²) in [6.45, 7) is 10.6. The molecular formula is C19H27NO2. The second kappa shape index (κ2) is 9.40. The van der Waals surface area contributed by atoms with E-state index in [2.05, 4.69) is 50.1 Å². The highest BCUT2D eigenvalue weighted by Crippen LogP contribution is 2.13. The number of ether oxygens (including phenoxy) is 1. The van der Waals surface area contributed by atoms with Crippen LogP contribution in [-0.4, -0.2) is 25.0 Å². The molecule has 0 bridgehead atoms. The minimum atomic E-state index is 0.0157. The third-order valence-electron chi connectivity index (χ3n) is 3.29. The fraction of sp³-hybridized carbons (Fsp3) is 0.526. The standard InChI is InChI=1S/C19H27NO2/c1-14(2)19(21)13-22-12-6-7-17-8-10-18(11-9-17)16(5)20-15(3)4/h8-11,14-16,20H,12-13H2,1-5H3/t16-/m1/s1. The van der Waals surface area contributed by atoms with E-state index < -0.39 is 0 Å². The highest BCUT2D eigenvalue weighted by molar-refractivity contribution is 5.81. The number of nitrogens with one attached hydrogen (secondary N) is 1. The molecule has 3 nitrogen and oxygen atoms in total. The Hall–Kier alpha value is -1.63. The van der Waals surface area contributed by atoms with Crippen molar-refractivity contribution in [3.05, 3.63) is 35.4 Å². The quantitative estimate of drug-likeness (QED) is 0.620. The van der Waals surface area contributed by atoms with Crippen molar-refractivity contribution in [3.63, 3.8) is 0 Å². The van der Waals surface area contributed by atoms with Gasteiger partial charge >= 0.3 is 0 Å². The lowest BCUT2D eigenvalue weighted by Crippen LogP contribution is -2.25. The van der Waals surface area contributed by atoms with Crippen molar-refractivity contribution in [3.8, 4) is 11.8 Å². The normalized spacial score (nSPS) is 12.1. The van der Waals surface area contributed by atoms with Crippen LogP contribution in [0.4, 0.5) is 0 Å². The lowest BCUT2D eigenvalue weighted by atomic mass is 10.1. The maximum Gasteiger partial charge on any atom is 0.161 e. The van der Waals surface area contributed by atoms with Gasteiger partial charge in [-0.3, -0.25) is 4.79 Å². The van der Waals surface area contributed by atoms with E-state index in [4.69, 9.17) is 4.74 Å². The fourth-order valence-corrected chi connectivity index (χ4v) is 1.96. The van der Waals surface area contributed by atoms with Crippen LogP contribution in [-0.2, 0) is 9.53 Å². The fourth-order valence-electron chi connectivity index (χ4n) is 1.96. The van der Waals surface area contributed by atoms with E-state index in [1.807, 2.05) is 26.0 Å². The van der Waals surface area contributed by atoms with E-state index >= 15 is 0 Å². The molecule has 0 radical (unpaired) electrons. The average Bonchev–Trinajstić information content (AvgIpc) is 2.46. The zero-order valence-electron chi connectivity index (χ0n) is 14.3. The number of Topliss-reactive ketones (excluding diaryl/α,β-unsaturated/α-hetero) is 1. The molecule has 3 heteroatoms. The van der Waals surface area contributed by atoms with Gasteiger partial charge in [-0.15, -0.1) is 0 Å². The largest absolute Gasteiger partial charge is 0.361 e. The minimum absolute atomic E-state index is 0.0157. The molecule has 0 aromatic heterocycles. The number of hydrogen-bond acceptors (Lipinski definition) is 3. The van der Waals surface area contributed by atoms with E-state index in [1.165, 1.54) is 5.56 Å². The molecule has 1 N–H and O–H groups in total.